The van der Waals surface area contributed by atoms with E-state index in [1.54, 1.807) is 38.4 Å². The molecule has 1 aliphatic rings. The van der Waals surface area contributed by atoms with Gasteiger partial charge in [-0.2, -0.15) is 0 Å². The molecule has 1 aromatic carbocycles. The van der Waals surface area contributed by atoms with Gasteiger partial charge in [0, 0.05) is 31.8 Å². The fourth-order valence-corrected chi connectivity index (χ4v) is 3.22. The summed E-state index contributed by atoms with van der Waals surface area (Å²) in [5, 5.41) is 10.8. The maximum Gasteiger partial charge on any atom is 0.270 e. The number of carbonyl (C=O) groups is 2. The number of amides is 2. The SMILES string of the molecule is CN(C)C(=O)c1ccc(-c2cnc(N)c(-c3nnc(C4CCCNC4=O)o3)n2)cc1. The Morgan fingerprint density at radius 1 is 1.23 bits per heavy atom. The molecule has 1 unspecified atom stereocenters. The van der Waals surface area contributed by atoms with Gasteiger partial charge < -0.3 is 20.4 Å². The quantitative estimate of drug-likeness (QED) is 0.662. The van der Waals surface area contributed by atoms with Crippen LogP contribution in [-0.4, -0.2) is 57.5 Å². The smallest absolute Gasteiger partial charge is 0.270 e. The number of nitrogens with one attached hydrogen (secondary N) is 1. The van der Waals surface area contributed by atoms with E-state index in [9.17, 15) is 9.59 Å². The topological polar surface area (TPSA) is 140 Å². The summed E-state index contributed by atoms with van der Waals surface area (Å²) >= 11 is 0. The van der Waals surface area contributed by atoms with Crippen LogP contribution in [-0.2, 0) is 4.79 Å². The van der Waals surface area contributed by atoms with Crippen LogP contribution < -0.4 is 11.1 Å². The fraction of sp³-hybridized carbons (Fsp3) is 0.300. The summed E-state index contributed by atoms with van der Waals surface area (Å²) < 4.78 is 5.71. The molecule has 1 fully saturated rings. The lowest BCUT2D eigenvalue weighted by molar-refractivity contribution is -0.124. The van der Waals surface area contributed by atoms with E-state index in [0.717, 1.165) is 12.0 Å². The van der Waals surface area contributed by atoms with Gasteiger partial charge in [-0.05, 0) is 25.0 Å². The largest absolute Gasteiger partial charge is 0.418 e. The summed E-state index contributed by atoms with van der Waals surface area (Å²) in [5.74, 6) is -0.206. The van der Waals surface area contributed by atoms with Crippen LogP contribution in [0.4, 0.5) is 5.82 Å². The van der Waals surface area contributed by atoms with Crippen LogP contribution in [0.5, 0.6) is 0 Å². The number of piperidine rings is 1. The Labute approximate surface area is 172 Å². The number of aromatic nitrogens is 4. The second kappa shape index (κ2) is 7.90. The van der Waals surface area contributed by atoms with E-state index in [-0.39, 0.29) is 35.1 Å². The molecular formula is C20H21N7O3. The monoisotopic (exact) mass is 407 g/mol. The van der Waals surface area contributed by atoms with Crippen LogP contribution >= 0.6 is 0 Å². The molecular weight excluding hydrogens is 386 g/mol. The lowest BCUT2D eigenvalue weighted by atomic mass is 9.99. The molecule has 154 valence electrons. The Kier molecular flexibility index (Phi) is 5.13. The van der Waals surface area contributed by atoms with Gasteiger partial charge in [-0.3, -0.25) is 9.59 Å². The number of nitrogens with zero attached hydrogens (tertiary/aromatic N) is 5. The number of nitrogens with two attached hydrogens (primary N) is 1. The summed E-state index contributed by atoms with van der Waals surface area (Å²) in [7, 11) is 3.40. The van der Waals surface area contributed by atoms with Gasteiger partial charge in [-0.25, -0.2) is 9.97 Å². The van der Waals surface area contributed by atoms with Gasteiger partial charge >= 0.3 is 0 Å². The van der Waals surface area contributed by atoms with Crippen LogP contribution in [0.3, 0.4) is 0 Å². The Morgan fingerprint density at radius 3 is 2.70 bits per heavy atom. The molecule has 3 heterocycles. The van der Waals surface area contributed by atoms with Crippen LogP contribution in [0.2, 0.25) is 0 Å². The molecule has 4 rings (SSSR count). The van der Waals surface area contributed by atoms with Crippen molar-refractivity contribution in [1.82, 2.24) is 30.4 Å². The fourth-order valence-electron chi connectivity index (χ4n) is 3.22. The zero-order valence-corrected chi connectivity index (χ0v) is 16.6. The number of anilines is 1. The predicted octanol–water partition coefficient (Wildman–Crippen LogP) is 1.47. The summed E-state index contributed by atoms with van der Waals surface area (Å²) in [4.78, 5) is 34.3. The highest BCUT2D eigenvalue weighted by atomic mass is 16.4. The van der Waals surface area contributed by atoms with E-state index in [1.807, 2.05) is 0 Å². The van der Waals surface area contributed by atoms with Crippen molar-refractivity contribution in [2.24, 2.45) is 0 Å². The molecule has 1 saturated heterocycles. The number of carbonyl (C=O) groups excluding carboxylic acids is 2. The highest BCUT2D eigenvalue weighted by Crippen LogP contribution is 2.29. The summed E-state index contributed by atoms with van der Waals surface area (Å²) in [5.41, 5.74) is 8.09. The third-order valence-corrected chi connectivity index (χ3v) is 4.86. The Morgan fingerprint density at radius 2 is 2.00 bits per heavy atom. The van der Waals surface area contributed by atoms with E-state index in [0.29, 0.717) is 24.2 Å². The van der Waals surface area contributed by atoms with E-state index < -0.39 is 5.92 Å². The first-order valence-corrected chi connectivity index (χ1v) is 9.50. The van der Waals surface area contributed by atoms with Crippen molar-refractivity contribution in [3.05, 3.63) is 41.9 Å². The zero-order valence-electron chi connectivity index (χ0n) is 16.6. The first-order valence-electron chi connectivity index (χ1n) is 9.50. The van der Waals surface area contributed by atoms with Crippen LogP contribution in [0.25, 0.3) is 22.8 Å². The van der Waals surface area contributed by atoms with E-state index in [2.05, 4.69) is 25.5 Å². The van der Waals surface area contributed by atoms with Crippen LogP contribution in [0.1, 0.15) is 35.0 Å². The Hall–Kier alpha value is -3.82. The minimum Gasteiger partial charge on any atom is -0.418 e. The second-order valence-corrected chi connectivity index (χ2v) is 7.20. The average Bonchev–Trinajstić information content (AvgIpc) is 3.23. The Bertz CT molecular complexity index is 1090. The summed E-state index contributed by atoms with van der Waals surface area (Å²) in [6.45, 7) is 0.649. The van der Waals surface area contributed by atoms with Crippen LogP contribution in [0, 0.1) is 0 Å². The Balaban J connectivity index is 1.63. The molecule has 0 radical (unpaired) electrons. The molecule has 30 heavy (non-hydrogen) atoms. The molecule has 2 amide bonds. The van der Waals surface area contributed by atoms with Gasteiger partial charge in [-0.1, -0.05) is 12.1 Å². The van der Waals surface area contributed by atoms with E-state index in [1.165, 1.54) is 11.1 Å². The third-order valence-electron chi connectivity index (χ3n) is 4.86. The molecule has 1 aliphatic heterocycles. The molecule has 0 bridgehead atoms. The highest BCUT2D eigenvalue weighted by molar-refractivity contribution is 5.94. The number of nitrogen functional groups attached to an aromatic ring is 1. The van der Waals surface area contributed by atoms with Crippen molar-refractivity contribution >= 4 is 17.6 Å². The lowest BCUT2D eigenvalue weighted by Crippen LogP contribution is -2.35. The van der Waals surface area contributed by atoms with Gasteiger partial charge in [0.1, 0.15) is 5.92 Å². The number of hydrogen-bond acceptors (Lipinski definition) is 8. The number of hydrogen-bond donors (Lipinski definition) is 2. The average molecular weight is 407 g/mol. The van der Waals surface area contributed by atoms with Crippen molar-refractivity contribution in [2.75, 3.05) is 26.4 Å². The maximum absolute atomic E-state index is 12.1. The number of rotatable bonds is 4. The normalized spacial score (nSPS) is 16.2. The number of benzene rings is 1. The van der Waals surface area contributed by atoms with Gasteiger partial charge in [0.2, 0.25) is 11.8 Å². The van der Waals surface area contributed by atoms with Gasteiger partial charge in [0.25, 0.3) is 11.8 Å². The molecule has 10 heteroatoms. The van der Waals surface area contributed by atoms with E-state index in [4.69, 9.17) is 10.2 Å². The molecule has 3 aromatic rings. The lowest BCUT2D eigenvalue weighted by Gasteiger charge is -2.18. The molecule has 10 nitrogen and oxygen atoms in total. The zero-order chi connectivity index (χ0) is 21.3. The van der Waals surface area contributed by atoms with E-state index >= 15 is 0 Å². The van der Waals surface area contributed by atoms with Crippen molar-refractivity contribution in [3.8, 4) is 22.8 Å². The van der Waals surface area contributed by atoms with Gasteiger partial charge in [-0.15, -0.1) is 10.2 Å². The first-order chi connectivity index (χ1) is 14.4. The minimum absolute atomic E-state index is 0.0873. The van der Waals surface area contributed by atoms with Crippen molar-refractivity contribution in [1.29, 1.82) is 0 Å². The first kappa shape index (κ1) is 19.5. The van der Waals surface area contributed by atoms with Crippen molar-refractivity contribution < 1.29 is 14.0 Å². The third kappa shape index (κ3) is 3.71. The molecule has 2 aromatic heterocycles. The second-order valence-electron chi connectivity index (χ2n) is 7.20. The van der Waals surface area contributed by atoms with Gasteiger partial charge in [0.15, 0.2) is 11.5 Å². The minimum atomic E-state index is -0.473. The van der Waals surface area contributed by atoms with Crippen molar-refractivity contribution in [3.63, 3.8) is 0 Å². The maximum atomic E-state index is 12.1. The van der Waals surface area contributed by atoms with Crippen LogP contribution in [0.15, 0.2) is 34.9 Å². The van der Waals surface area contributed by atoms with Crippen molar-refractivity contribution in [2.45, 2.75) is 18.8 Å². The highest BCUT2D eigenvalue weighted by Gasteiger charge is 2.29. The molecule has 0 spiro atoms. The summed E-state index contributed by atoms with van der Waals surface area (Å²) in [6, 6.07) is 7.02. The molecule has 3 N–H and O–H groups in total. The molecule has 0 aliphatic carbocycles. The van der Waals surface area contributed by atoms with Gasteiger partial charge in [0.05, 0.1) is 11.9 Å². The standard InChI is InChI=1S/C20H21N7O3/c1-27(2)20(29)12-7-5-11(6-8-12)14-10-23-16(21)15(24-14)19-26-25-18(30-19)13-4-3-9-22-17(13)28/h5-8,10,13H,3-4,9H2,1-2H3,(H2,21,23)(H,22,28). The summed E-state index contributed by atoms with van der Waals surface area (Å²) in [6.07, 6.45) is 3.03. The molecule has 1 atom stereocenters. The molecule has 0 saturated carbocycles. The predicted molar refractivity (Wildman–Crippen MR) is 108 cm³/mol.